The number of rotatable bonds is 5. The lowest BCUT2D eigenvalue weighted by Crippen LogP contribution is -2.23. The highest BCUT2D eigenvalue weighted by Crippen LogP contribution is 2.47. The second kappa shape index (κ2) is 4.03. The molecule has 15 heavy (non-hydrogen) atoms. The topological polar surface area (TPSA) is 53.6 Å². The van der Waals surface area contributed by atoms with Crippen molar-refractivity contribution in [2.75, 3.05) is 6.54 Å². The van der Waals surface area contributed by atoms with Gasteiger partial charge in [-0.3, -0.25) is 4.68 Å². The van der Waals surface area contributed by atoms with Crippen molar-refractivity contribution in [2.45, 2.75) is 25.8 Å². The van der Waals surface area contributed by atoms with E-state index < -0.39 is 0 Å². The van der Waals surface area contributed by atoms with Crippen LogP contribution in [0.5, 0.6) is 0 Å². The largest absolute Gasteiger partial charge is 0.311 e. The summed E-state index contributed by atoms with van der Waals surface area (Å²) in [5, 5.41) is 16.3. The Labute approximate surface area is 89.9 Å². The molecule has 0 unspecified atom stereocenters. The molecule has 1 N–H and O–H groups in total. The van der Waals surface area contributed by atoms with Crippen molar-refractivity contribution < 1.29 is 0 Å². The van der Waals surface area contributed by atoms with Gasteiger partial charge >= 0.3 is 0 Å². The summed E-state index contributed by atoms with van der Waals surface area (Å²) in [7, 11) is 1.92. The van der Waals surface area contributed by atoms with E-state index >= 15 is 0 Å². The van der Waals surface area contributed by atoms with Gasteiger partial charge in [-0.25, -0.2) is 0 Å². The van der Waals surface area contributed by atoms with Crippen LogP contribution in [0.1, 0.15) is 25.0 Å². The van der Waals surface area contributed by atoms with Crippen LogP contribution >= 0.6 is 0 Å². The molecular formula is C11H16N4. The Morgan fingerprint density at radius 3 is 3.00 bits per heavy atom. The first-order valence-corrected chi connectivity index (χ1v) is 5.30. The van der Waals surface area contributed by atoms with E-state index in [1.165, 1.54) is 12.8 Å². The number of nitrogens with zero attached hydrogens (tertiary/aromatic N) is 3. The van der Waals surface area contributed by atoms with E-state index in [0.717, 1.165) is 18.8 Å². The van der Waals surface area contributed by atoms with Gasteiger partial charge < -0.3 is 5.32 Å². The van der Waals surface area contributed by atoms with Crippen LogP contribution in [0.3, 0.4) is 0 Å². The molecule has 0 bridgehead atoms. The van der Waals surface area contributed by atoms with E-state index in [4.69, 9.17) is 5.26 Å². The molecule has 0 aromatic carbocycles. The van der Waals surface area contributed by atoms with Crippen molar-refractivity contribution in [2.24, 2.45) is 12.5 Å². The third-order valence-electron chi connectivity index (χ3n) is 2.99. The van der Waals surface area contributed by atoms with Gasteiger partial charge in [-0.15, -0.1) is 0 Å². The smallest absolute Gasteiger partial charge is 0.0762 e. The minimum atomic E-state index is 0.281. The van der Waals surface area contributed by atoms with Gasteiger partial charge in [-0.05, 0) is 24.3 Å². The molecule has 0 atom stereocenters. The van der Waals surface area contributed by atoms with Crippen LogP contribution in [0.2, 0.25) is 0 Å². The third kappa shape index (κ3) is 2.57. The molecule has 2 rings (SSSR count). The fourth-order valence-electron chi connectivity index (χ4n) is 1.77. The van der Waals surface area contributed by atoms with E-state index in [0.29, 0.717) is 6.42 Å². The lowest BCUT2D eigenvalue weighted by atomic mass is 10.0. The van der Waals surface area contributed by atoms with Crippen LogP contribution in [0.25, 0.3) is 0 Å². The monoisotopic (exact) mass is 204 g/mol. The van der Waals surface area contributed by atoms with Crippen LogP contribution in [-0.4, -0.2) is 16.3 Å². The molecule has 4 nitrogen and oxygen atoms in total. The van der Waals surface area contributed by atoms with Crippen molar-refractivity contribution in [3.8, 4) is 6.07 Å². The first-order valence-electron chi connectivity index (χ1n) is 5.30. The second-order valence-electron chi connectivity index (χ2n) is 4.42. The van der Waals surface area contributed by atoms with Gasteiger partial charge in [0.05, 0.1) is 11.8 Å². The molecule has 1 aromatic rings. The zero-order valence-corrected chi connectivity index (χ0v) is 9.03. The molecule has 1 aromatic heterocycles. The highest BCUT2D eigenvalue weighted by Gasteiger charge is 2.41. The average Bonchev–Trinajstić information content (AvgIpc) is 2.83. The zero-order valence-electron chi connectivity index (χ0n) is 9.03. The van der Waals surface area contributed by atoms with Crippen molar-refractivity contribution in [3.63, 3.8) is 0 Å². The minimum Gasteiger partial charge on any atom is -0.311 e. The van der Waals surface area contributed by atoms with Crippen LogP contribution in [0.4, 0.5) is 0 Å². The van der Waals surface area contributed by atoms with E-state index in [9.17, 15) is 0 Å². The highest BCUT2D eigenvalue weighted by molar-refractivity contribution is 5.02. The van der Waals surface area contributed by atoms with Crippen molar-refractivity contribution in [3.05, 3.63) is 18.0 Å². The maximum absolute atomic E-state index is 8.67. The summed E-state index contributed by atoms with van der Waals surface area (Å²) in [6, 6.07) is 4.27. The van der Waals surface area contributed by atoms with Crippen molar-refractivity contribution in [1.82, 2.24) is 15.1 Å². The van der Waals surface area contributed by atoms with E-state index in [-0.39, 0.29) is 5.41 Å². The first kappa shape index (κ1) is 10.2. The maximum Gasteiger partial charge on any atom is 0.0762 e. The molecule has 1 heterocycles. The number of aromatic nitrogens is 2. The SMILES string of the molecule is Cn1ccc(CNCC2(CC#N)CC2)n1. The number of hydrogen-bond donors (Lipinski definition) is 1. The Morgan fingerprint density at radius 1 is 1.67 bits per heavy atom. The Bertz CT molecular complexity index is 370. The van der Waals surface area contributed by atoms with E-state index in [2.05, 4.69) is 16.5 Å². The van der Waals surface area contributed by atoms with E-state index in [1.54, 1.807) is 4.68 Å². The normalized spacial score (nSPS) is 17.3. The van der Waals surface area contributed by atoms with Gasteiger partial charge in [-0.2, -0.15) is 10.4 Å². The molecule has 0 radical (unpaired) electrons. The van der Waals surface area contributed by atoms with Crippen molar-refractivity contribution in [1.29, 1.82) is 5.26 Å². The summed E-state index contributed by atoms with van der Waals surface area (Å²) in [4.78, 5) is 0. The molecule has 0 spiro atoms. The standard InChI is InChI=1S/C11H16N4/c1-15-7-2-10(14-15)8-13-9-11(3-4-11)5-6-12/h2,7,13H,3-5,8-9H2,1H3. The fourth-order valence-corrected chi connectivity index (χ4v) is 1.77. The van der Waals surface area contributed by atoms with Gasteiger partial charge in [-0.1, -0.05) is 0 Å². The van der Waals surface area contributed by atoms with Crippen LogP contribution in [0, 0.1) is 16.7 Å². The average molecular weight is 204 g/mol. The zero-order chi connectivity index (χ0) is 10.7. The van der Waals surface area contributed by atoms with E-state index in [1.807, 2.05) is 19.3 Å². The fraction of sp³-hybridized carbons (Fsp3) is 0.636. The number of hydrogen-bond acceptors (Lipinski definition) is 3. The van der Waals surface area contributed by atoms with Gasteiger partial charge in [0.15, 0.2) is 0 Å². The van der Waals surface area contributed by atoms with Crippen molar-refractivity contribution >= 4 is 0 Å². The molecule has 4 heteroatoms. The summed E-state index contributed by atoms with van der Waals surface area (Å²) < 4.78 is 1.80. The molecule has 1 fully saturated rings. The molecule has 1 saturated carbocycles. The molecule has 1 aliphatic rings. The Morgan fingerprint density at radius 2 is 2.47 bits per heavy atom. The molecule has 0 amide bonds. The molecule has 80 valence electrons. The number of nitriles is 1. The summed E-state index contributed by atoms with van der Waals surface area (Å²) in [6.45, 7) is 1.74. The Balaban J connectivity index is 1.74. The Kier molecular flexibility index (Phi) is 2.74. The lowest BCUT2D eigenvalue weighted by Gasteiger charge is -2.10. The maximum atomic E-state index is 8.67. The Hall–Kier alpha value is -1.34. The second-order valence-corrected chi connectivity index (χ2v) is 4.42. The highest BCUT2D eigenvalue weighted by atomic mass is 15.3. The predicted molar refractivity (Wildman–Crippen MR) is 56.8 cm³/mol. The van der Waals surface area contributed by atoms with Gasteiger partial charge in [0.2, 0.25) is 0 Å². The summed E-state index contributed by atoms with van der Waals surface area (Å²) in [6.07, 6.45) is 5.01. The lowest BCUT2D eigenvalue weighted by molar-refractivity contribution is 0.463. The molecular weight excluding hydrogens is 188 g/mol. The first-order chi connectivity index (χ1) is 7.24. The van der Waals surface area contributed by atoms with Gasteiger partial charge in [0.1, 0.15) is 0 Å². The van der Waals surface area contributed by atoms with Crippen LogP contribution in [-0.2, 0) is 13.6 Å². The number of aryl methyl sites for hydroxylation is 1. The predicted octanol–water partition coefficient (Wildman–Crippen LogP) is 1.20. The van der Waals surface area contributed by atoms with Crippen LogP contribution < -0.4 is 5.32 Å². The number of nitrogens with one attached hydrogen (secondary N) is 1. The molecule has 1 aliphatic carbocycles. The third-order valence-corrected chi connectivity index (χ3v) is 2.99. The van der Waals surface area contributed by atoms with Crippen LogP contribution in [0.15, 0.2) is 12.3 Å². The van der Waals surface area contributed by atoms with Gasteiger partial charge in [0.25, 0.3) is 0 Å². The summed E-state index contributed by atoms with van der Waals surface area (Å²) in [5.41, 5.74) is 1.34. The molecule has 0 aliphatic heterocycles. The summed E-state index contributed by atoms with van der Waals surface area (Å²) >= 11 is 0. The quantitative estimate of drug-likeness (QED) is 0.784. The molecule has 0 saturated heterocycles. The summed E-state index contributed by atoms with van der Waals surface area (Å²) in [5.74, 6) is 0. The van der Waals surface area contributed by atoms with Gasteiger partial charge in [0, 0.05) is 32.8 Å². The minimum absolute atomic E-state index is 0.281.